The summed E-state index contributed by atoms with van der Waals surface area (Å²) in [5.41, 5.74) is 1.91. The average molecular weight is 282 g/mol. The van der Waals surface area contributed by atoms with E-state index in [0.29, 0.717) is 13.1 Å². The highest BCUT2D eigenvalue weighted by molar-refractivity contribution is 5.91. The van der Waals surface area contributed by atoms with Gasteiger partial charge < -0.3 is 4.90 Å². The highest BCUT2D eigenvalue weighted by Crippen LogP contribution is 2.12. The number of rotatable bonds is 6. The molecule has 0 atom stereocenters. The fourth-order valence-corrected chi connectivity index (χ4v) is 2.03. The summed E-state index contributed by atoms with van der Waals surface area (Å²) in [5.74, 6) is 0.0816. The molecule has 5 nitrogen and oxygen atoms in total. The maximum atomic E-state index is 12.6. The molecule has 2 aromatic rings. The quantitative estimate of drug-likeness (QED) is 0.764. The molecule has 0 fully saturated rings. The van der Waals surface area contributed by atoms with E-state index < -0.39 is 0 Å². The van der Waals surface area contributed by atoms with E-state index >= 15 is 0 Å². The Labute approximate surface area is 124 Å². The number of nitrogens with zero attached hydrogens (tertiary/aromatic N) is 4. The number of carbonyl (C=O) groups is 1. The highest BCUT2D eigenvalue weighted by atomic mass is 16.2. The highest BCUT2D eigenvalue weighted by Gasteiger charge is 2.20. The Morgan fingerprint density at radius 1 is 1.33 bits per heavy atom. The lowest BCUT2D eigenvalue weighted by Crippen LogP contribution is -2.33. The lowest BCUT2D eigenvalue weighted by molar-refractivity contribution is 0.0776. The normalized spacial score (nSPS) is 10.1. The summed E-state index contributed by atoms with van der Waals surface area (Å²) in [4.78, 5) is 18.3. The van der Waals surface area contributed by atoms with Crippen molar-refractivity contribution in [1.29, 1.82) is 0 Å². The minimum absolute atomic E-state index is 0.200. The van der Waals surface area contributed by atoms with Crippen molar-refractivity contribution in [2.45, 2.75) is 6.92 Å². The maximum absolute atomic E-state index is 12.6. The van der Waals surface area contributed by atoms with Crippen molar-refractivity contribution in [3.63, 3.8) is 0 Å². The van der Waals surface area contributed by atoms with Crippen molar-refractivity contribution in [3.8, 4) is 5.69 Å². The third kappa shape index (κ3) is 3.25. The zero-order chi connectivity index (χ0) is 15.2. The summed E-state index contributed by atoms with van der Waals surface area (Å²) < 4.78 is 1.55. The Morgan fingerprint density at radius 2 is 2.05 bits per heavy atom. The molecule has 0 bridgehead atoms. The Kier molecular flexibility index (Phi) is 4.66. The van der Waals surface area contributed by atoms with Gasteiger partial charge in [-0.2, -0.15) is 5.10 Å². The lowest BCUT2D eigenvalue weighted by atomic mass is 10.2. The minimum atomic E-state index is -0.200. The van der Waals surface area contributed by atoms with Gasteiger partial charge in [0, 0.05) is 13.1 Å². The monoisotopic (exact) mass is 282 g/mol. The number of aromatic nitrogens is 3. The molecule has 1 amide bonds. The van der Waals surface area contributed by atoms with Crippen LogP contribution in [0.3, 0.4) is 0 Å². The van der Waals surface area contributed by atoms with E-state index in [-0.39, 0.29) is 11.7 Å². The molecule has 0 saturated carbocycles. The predicted octanol–water partition coefficient (Wildman–Crippen LogP) is 2.39. The zero-order valence-electron chi connectivity index (χ0n) is 12.1. The fraction of sp³-hybridized carbons (Fsp3) is 0.188. The molecule has 0 aliphatic heterocycles. The molecule has 0 spiro atoms. The molecule has 21 heavy (non-hydrogen) atoms. The molecule has 0 radical (unpaired) electrons. The van der Waals surface area contributed by atoms with Crippen molar-refractivity contribution in [2.75, 3.05) is 13.1 Å². The molecule has 1 heterocycles. The summed E-state index contributed by atoms with van der Waals surface area (Å²) in [6.45, 7) is 10.2. The van der Waals surface area contributed by atoms with Gasteiger partial charge >= 0.3 is 0 Å². The number of hydrogen-bond acceptors (Lipinski definition) is 3. The molecule has 2 rings (SSSR count). The molecule has 0 aliphatic rings. The van der Waals surface area contributed by atoms with Crippen LogP contribution < -0.4 is 0 Å². The van der Waals surface area contributed by atoms with E-state index in [9.17, 15) is 4.79 Å². The van der Waals surface area contributed by atoms with E-state index in [1.54, 1.807) is 21.7 Å². The van der Waals surface area contributed by atoms with Crippen LogP contribution in [0.15, 0.2) is 55.9 Å². The Morgan fingerprint density at radius 3 is 2.67 bits per heavy atom. The van der Waals surface area contributed by atoms with Crippen molar-refractivity contribution >= 4 is 5.91 Å². The first-order chi connectivity index (χ1) is 10.2. The summed E-state index contributed by atoms with van der Waals surface area (Å²) >= 11 is 0. The Bertz CT molecular complexity index is 650. The van der Waals surface area contributed by atoms with Crippen LogP contribution in [0.5, 0.6) is 0 Å². The number of benzene rings is 1. The van der Waals surface area contributed by atoms with Crippen LogP contribution in [0.2, 0.25) is 0 Å². The molecule has 0 aliphatic carbocycles. The van der Waals surface area contributed by atoms with Crippen molar-refractivity contribution in [3.05, 3.63) is 67.3 Å². The molecule has 1 aromatic heterocycles. The second-order valence-corrected chi connectivity index (χ2v) is 4.62. The summed E-state index contributed by atoms with van der Waals surface area (Å²) in [6, 6.07) is 7.76. The van der Waals surface area contributed by atoms with Gasteiger partial charge in [-0.3, -0.25) is 4.79 Å². The Balaban J connectivity index is 2.37. The SMILES string of the molecule is C=CCN(CC=C)C(=O)c1ncnn1-c1cccc(C)c1. The standard InChI is InChI=1S/C16H18N4O/c1-4-9-19(10-5-2)16(21)15-17-12-18-20(15)14-8-6-7-13(3)11-14/h4-8,11-12H,1-2,9-10H2,3H3. The molecular weight excluding hydrogens is 264 g/mol. The second-order valence-electron chi connectivity index (χ2n) is 4.62. The van der Waals surface area contributed by atoms with Gasteiger partial charge in [0.05, 0.1) is 5.69 Å². The largest absolute Gasteiger partial charge is 0.329 e. The van der Waals surface area contributed by atoms with E-state index in [0.717, 1.165) is 11.3 Å². The first-order valence-corrected chi connectivity index (χ1v) is 6.65. The van der Waals surface area contributed by atoms with Crippen LogP contribution in [-0.4, -0.2) is 38.7 Å². The first-order valence-electron chi connectivity index (χ1n) is 6.65. The maximum Gasteiger partial charge on any atom is 0.292 e. The van der Waals surface area contributed by atoms with Crippen molar-refractivity contribution in [2.24, 2.45) is 0 Å². The molecule has 1 aromatic carbocycles. The van der Waals surface area contributed by atoms with Crippen molar-refractivity contribution < 1.29 is 4.79 Å². The number of amides is 1. The number of aryl methyl sites for hydroxylation is 1. The van der Waals surface area contributed by atoms with Gasteiger partial charge in [-0.05, 0) is 24.6 Å². The van der Waals surface area contributed by atoms with Crippen LogP contribution >= 0.6 is 0 Å². The van der Waals surface area contributed by atoms with Crippen LogP contribution in [0, 0.1) is 6.92 Å². The van der Waals surface area contributed by atoms with Gasteiger partial charge in [0.2, 0.25) is 5.82 Å². The third-order valence-electron chi connectivity index (χ3n) is 2.97. The number of hydrogen-bond donors (Lipinski definition) is 0. The van der Waals surface area contributed by atoms with Gasteiger partial charge in [0.15, 0.2) is 0 Å². The molecule has 0 unspecified atom stereocenters. The van der Waals surface area contributed by atoms with E-state index in [1.807, 2.05) is 31.2 Å². The molecule has 0 saturated heterocycles. The second kappa shape index (κ2) is 6.65. The van der Waals surface area contributed by atoms with Gasteiger partial charge in [-0.25, -0.2) is 9.67 Å². The van der Waals surface area contributed by atoms with Crippen LogP contribution in [-0.2, 0) is 0 Å². The van der Waals surface area contributed by atoms with Gasteiger partial charge in [0.1, 0.15) is 6.33 Å². The summed E-state index contributed by atoms with van der Waals surface area (Å²) in [5, 5.41) is 4.16. The minimum Gasteiger partial charge on any atom is -0.329 e. The fourth-order valence-electron chi connectivity index (χ4n) is 2.03. The zero-order valence-corrected chi connectivity index (χ0v) is 12.1. The summed E-state index contributed by atoms with van der Waals surface area (Å²) in [7, 11) is 0. The van der Waals surface area contributed by atoms with Crippen LogP contribution in [0.4, 0.5) is 0 Å². The van der Waals surface area contributed by atoms with E-state index in [1.165, 1.54) is 6.33 Å². The van der Waals surface area contributed by atoms with Gasteiger partial charge in [0.25, 0.3) is 5.91 Å². The van der Waals surface area contributed by atoms with E-state index in [4.69, 9.17) is 0 Å². The average Bonchev–Trinajstić information content (AvgIpc) is 2.95. The topological polar surface area (TPSA) is 51.0 Å². The van der Waals surface area contributed by atoms with Crippen molar-refractivity contribution in [1.82, 2.24) is 19.7 Å². The van der Waals surface area contributed by atoms with Crippen LogP contribution in [0.1, 0.15) is 16.2 Å². The molecule has 0 N–H and O–H groups in total. The smallest absolute Gasteiger partial charge is 0.292 e. The Hall–Kier alpha value is -2.69. The first kappa shape index (κ1) is 14.7. The predicted molar refractivity (Wildman–Crippen MR) is 82.4 cm³/mol. The van der Waals surface area contributed by atoms with Gasteiger partial charge in [-0.1, -0.05) is 24.3 Å². The molecule has 5 heteroatoms. The van der Waals surface area contributed by atoms with Crippen LogP contribution in [0.25, 0.3) is 5.69 Å². The molecular formula is C16H18N4O. The molecule has 108 valence electrons. The number of carbonyl (C=O) groups excluding carboxylic acids is 1. The lowest BCUT2D eigenvalue weighted by Gasteiger charge is -2.18. The van der Waals surface area contributed by atoms with E-state index in [2.05, 4.69) is 23.2 Å². The summed E-state index contributed by atoms with van der Waals surface area (Å²) in [6.07, 6.45) is 4.74. The third-order valence-corrected chi connectivity index (χ3v) is 2.97. The van der Waals surface area contributed by atoms with Gasteiger partial charge in [-0.15, -0.1) is 13.2 Å².